The lowest BCUT2D eigenvalue weighted by atomic mass is 10.0. The third-order valence-corrected chi connectivity index (χ3v) is 5.31. The van der Waals surface area contributed by atoms with Crippen molar-refractivity contribution >= 4 is 23.1 Å². The van der Waals surface area contributed by atoms with E-state index in [1.54, 1.807) is 6.07 Å². The zero-order valence-electron chi connectivity index (χ0n) is 12.6. The summed E-state index contributed by atoms with van der Waals surface area (Å²) in [5.41, 5.74) is 1.89. The van der Waals surface area contributed by atoms with Crippen molar-refractivity contribution in [2.75, 3.05) is 11.9 Å². The molecule has 1 aromatic rings. The van der Waals surface area contributed by atoms with Crippen molar-refractivity contribution in [3.05, 3.63) is 33.9 Å². The Hall–Kier alpha value is -1.23. The molecule has 0 heterocycles. The summed E-state index contributed by atoms with van der Waals surface area (Å²) in [6.45, 7) is 2.81. The minimum absolute atomic E-state index is 0.199. The fourth-order valence-corrected chi connectivity index (χ4v) is 3.95. The summed E-state index contributed by atoms with van der Waals surface area (Å²) < 4.78 is 0. The summed E-state index contributed by atoms with van der Waals surface area (Å²) in [5, 5.41) is 15.1. The van der Waals surface area contributed by atoms with Crippen LogP contribution in [0.4, 0.5) is 11.4 Å². The largest absolute Gasteiger partial charge is 0.380 e. The maximum Gasteiger partial charge on any atom is 0.292 e. The molecule has 21 heavy (non-hydrogen) atoms. The third-order valence-electron chi connectivity index (χ3n) is 3.86. The Balaban J connectivity index is 1.99. The molecule has 2 rings (SSSR count). The molecule has 0 atom stereocenters. The average molecular weight is 308 g/mol. The van der Waals surface area contributed by atoms with Gasteiger partial charge in [0, 0.05) is 23.6 Å². The van der Waals surface area contributed by atoms with Crippen LogP contribution in [0.5, 0.6) is 0 Å². The molecular weight excluding hydrogens is 284 g/mol. The molecule has 1 aromatic carbocycles. The average Bonchev–Trinajstić information content (AvgIpc) is 2.52. The number of hydrogen-bond donors (Lipinski definition) is 1. The summed E-state index contributed by atoms with van der Waals surface area (Å²) in [6.07, 6.45) is 7.57. The first-order valence-electron chi connectivity index (χ1n) is 7.83. The molecule has 4 nitrogen and oxygen atoms in total. The Labute approximate surface area is 130 Å². The number of anilines is 1. The van der Waals surface area contributed by atoms with Crippen LogP contribution in [0.15, 0.2) is 18.2 Å². The van der Waals surface area contributed by atoms with Crippen molar-refractivity contribution < 1.29 is 4.92 Å². The van der Waals surface area contributed by atoms with E-state index in [1.165, 1.54) is 32.1 Å². The molecular formula is C16H24N2O2S. The normalized spacial score (nSPS) is 15.9. The van der Waals surface area contributed by atoms with Gasteiger partial charge in [-0.3, -0.25) is 10.1 Å². The highest BCUT2D eigenvalue weighted by molar-refractivity contribution is 7.99. The van der Waals surface area contributed by atoms with E-state index in [0.29, 0.717) is 5.69 Å². The maximum atomic E-state index is 11.2. The third kappa shape index (κ3) is 4.92. The Kier molecular flexibility index (Phi) is 6.36. The van der Waals surface area contributed by atoms with E-state index in [9.17, 15) is 10.1 Å². The monoisotopic (exact) mass is 308 g/mol. The number of rotatable bonds is 7. The molecule has 0 amide bonds. The zero-order valence-corrected chi connectivity index (χ0v) is 13.5. The van der Waals surface area contributed by atoms with E-state index in [1.807, 2.05) is 30.8 Å². The molecule has 0 aliphatic heterocycles. The predicted octanol–water partition coefficient (Wildman–Crippen LogP) is 4.98. The summed E-state index contributed by atoms with van der Waals surface area (Å²) in [6, 6.07) is 5.60. The highest BCUT2D eigenvalue weighted by Crippen LogP contribution is 2.32. The van der Waals surface area contributed by atoms with Crippen molar-refractivity contribution in [3.63, 3.8) is 0 Å². The quantitative estimate of drug-likeness (QED) is 0.570. The number of nitrogens with one attached hydrogen (secondary N) is 1. The van der Waals surface area contributed by atoms with Gasteiger partial charge in [0.2, 0.25) is 0 Å². The van der Waals surface area contributed by atoms with Crippen LogP contribution >= 0.6 is 11.8 Å². The molecule has 0 aromatic heterocycles. The van der Waals surface area contributed by atoms with Crippen LogP contribution in [0.25, 0.3) is 0 Å². The molecule has 0 unspecified atom stereocenters. The van der Waals surface area contributed by atoms with E-state index in [-0.39, 0.29) is 10.6 Å². The summed E-state index contributed by atoms with van der Waals surface area (Å²) >= 11 is 1.95. The molecule has 1 N–H and O–H groups in total. The highest BCUT2D eigenvalue weighted by atomic mass is 32.2. The van der Waals surface area contributed by atoms with Gasteiger partial charge in [-0.15, -0.1) is 0 Å². The Morgan fingerprint density at radius 3 is 2.76 bits per heavy atom. The van der Waals surface area contributed by atoms with Gasteiger partial charge in [0.25, 0.3) is 5.69 Å². The van der Waals surface area contributed by atoms with Crippen LogP contribution in [0.1, 0.15) is 51.0 Å². The molecule has 0 saturated heterocycles. The fourth-order valence-electron chi connectivity index (χ4n) is 2.67. The minimum atomic E-state index is -0.285. The van der Waals surface area contributed by atoms with E-state index in [2.05, 4.69) is 5.32 Å². The number of nitro benzene ring substituents is 1. The van der Waals surface area contributed by atoms with Crippen LogP contribution in [-0.4, -0.2) is 16.7 Å². The maximum absolute atomic E-state index is 11.2. The molecule has 0 bridgehead atoms. The van der Waals surface area contributed by atoms with Gasteiger partial charge in [0.1, 0.15) is 5.69 Å². The van der Waals surface area contributed by atoms with Gasteiger partial charge in [-0.25, -0.2) is 0 Å². The van der Waals surface area contributed by atoms with Gasteiger partial charge < -0.3 is 5.32 Å². The van der Waals surface area contributed by atoms with E-state index in [4.69, 9.17) is 0 Å². The molecule has 1 aliphatic carbocycles. The lowest BCUT2D eigenvalue weighted by Crippen LogP contribution is -2.08. The smallest absolute Gasteiger partial charge is 0.292 e. The summed E-state index contributed by atoms with van der Waals surface area (Å²) in [5.74, 6) is 0.875. The Morgan fingerprint density at radius 2 is 2.10 bits per heavy atom. The Bertz CT molecular complexity index is 473. The van der Waals surface area contributed by atoms with Gasteiger partial charge in [-0.1, -0.05) is 32.3 Å². The number of thioether (sulfide) groups is 1. The van der Waals surface area contributed by atoms with Crippen LogP contribution < -0.4 is 5.32 Å². The summed E-state index contributed by atoms with van der Waals surface area (Å²) in [4.78, 5) is 10.9. The molecule has 5 heteroatoms. The second kappa shape index (κ2) is 8.27. The summed E-state index contributed by atoms with van der Waals surface area (Å²) in [7, 11) is 0. The predicted molar refractivity (Wildman–Crippen MR) is 90.0 cm³/mol. The minimum Gasteiger partial charge on any atom is -0.380 e. The van der Waals surface area contributed by atoms with Crippen LogP contribution in [-0.2, 0) is 5.75 Å². The second-order valence-electron chi connectivity index (χ2n) is 5.61. The van der Waals surface area contributed by atoms with Crippen LogP contribution in [0, 0.1) is 10.1 Å². The molecule has 0 spiro atoms. The number of nitro groups is 1. The van der Waals surface area contributed by atoms with Gasteiger partial charge >= 0.3 is 0 Å². The highest BCUT2D eigenvalue weighted by Gasteiger charge is 2.17. The Morgan fingerprint density at radius 1 is 1.33 bits per heavy atom. The van der Waals surface area contributed by atoms with Crippen molar-refractivity contribution in [1.82, 2.24) is 0 Å². The lowest BCUT2D eigenvalue weighted by Gasteiger charge is -2.20. The lowest BCUT2D eigenvalue weighted by molar-refractivity contribution is -0.384. The second-order valence-corrected chi connectivity index (χ2v) is 6.90. The molecule has 116 valence electrons. The first-order chi connectivity index (χ1) is 10.2. The zero-order chi connectivity index (χ0) is 15.1. The number of hydrogen-bond acceptors (Lipinski definition) is 4. The molecule has 0 radical (unpaired) electrons. The molecule has 1 aliphatic rings. The van der Waals surface area contributed by atoms with Gasteiger partial charge in [0.15, 0.2) is 0 Å². The topological polar surface area (TPSA) is 55.2 Å². The first-order valence-corrected chi connectivity index (χ1v) is 8.88. The molecule has 1 saturated carbocycles. The van der Waals surface area contributed by atoms with E-state index >= 15 is 0 Å². The van der Waals surface area contributed by atoms with Gasteiger partial charge in [0.05, 0.1) is 4.92 Å². The van der Waals surface area contributed by atoms with Crippen LogP contribution in [0.3, 0.4) is 0 Å². The van der Waals surface area contributed by atoms with Crippen molar-refractivity contribution in [3.8, 4) is 0 Å². The standard InChI is InChI=1S/C16H24N2O2S/c1-2-10-17-15-9-8-13(11-16(15)18(19)20)12-21-14-6-4-3-5-7-14/h8-9,11,14,17H,2-7,10,12H2,1H3. The van der Waals surface area contributed by atoms with Crippen molar-refractivity contribution in [2.24, 2.45) is 0 Å². The first kappa shape index (κ1) is 16.1. The van der Waals surface area contributed by atoms with Gasteiger partial charge in [-0.05, 0) is 30.9 Å². The molecule has 1 fully saturated rings. The number of nitrogens with zero attached hydrogens (tertiary/aromatic N) is 1. The van der Waals surface area contributed by atoms with Crippen molar-refractivity contribution in [2.45, 2.75) is 56.5 Å². The van der Waals surface area contributed by atoms with E-state index < -0.39 is 0 Å². The van der Waals surface area contributed by atoms with Gasteiger partial charge in [-0.2, -0.15) is 11.8 Å². The number of benzene rings is 1. The fraction of sp³-hybridized carbons (Fsp3) is 0.625. The van der Waals surface area contributed by atoms with Crippen LogP contribution in [0.2, 0.25) is 0 Å². The van der Waals surface area contributed by atoms with Crippen molar-refractivity contribution in [1.29, 1.82) is 0 Å². The SMILES string of the molecule is CCCNc1ccc(CSC2CCCCC2)cc1[N+](=O)[O-]. The van der Waals surface area contributed by atoms with E-state index in [0.717, 1.165) is 29.5 Å².